The first-order valence-electron chi connectivity index (χ1n) is 9.77. The Morgan fingerprint density at radius 3 is 2.52 bits per heavy atom. The summed E-state index contributed by atoms with van der Waals surface area (Å²) in [6.45, 7) is 8.13. The van der Waals surface area contributed by atoms with Crippen LogP contribution in [0.5, 0.6) is 0 Å². The van der Waals surface area contributed by atoms with Crippen molar-refractivity contribution in [3.63, 3.8) is 0 Å². The normalized spacial score (nSPS) is 23.3. The number of ether oxygens (including phenoxy) is 1. The molecule has 9 nitrogen and oxygen atoms in total. The van der Waals surface area contributed by atoms with Crippen LogP contribution in [0.15, 0.2) is 24.3 Å². The summed E-state index contributed by atoms with van der Waals surface area (Å²) in [4.78, 5) is 52.9. The molecule has 2 N–H and O–H groups in total. The van der Waals surface area contributed by atoms with E-state index in [9.17, 15) is 19.2 Å². The second kappa shape index (κ2) is 10.1. The van der Waals surface area contributed by atoms with Crippen LogP contribution in [0.2, 0.25) is 0 Å². The fourth-order valence-electron chi connectivity index (χ4n) is 3.75. The molecule has 29 heavy (non-hydrogen) atoms. The fourth-order valence-corrected chi connectivity index (χ4v) is 3.75. The number of carbonyl (C=O) groups excluding carboxylic acids is 4. The maximum Gasteiger partial charge on any atom is 0.328 e. The summed E-state index contributed by atoms with van der Waals surface area (Å²) in [5, 5.41) is 5.42. The van der Waals surface area contributed by atoms with Crippen molar-refractivity contribution < 1.29 is 23.9 Å². The molecule has 0 aliphatic carbocycles. The summed E-state index contributed by atoms with van der Waals surface area (Å²) >= 11 is 0. The number of carbonyl (C=O) groups is 4. The van der Waals surface area contributed by atoms with E-state index < -0.39 is 18.1 Å². The Morgan fingerprint density at radius 1 is 1.17 bits per heavy atom. The van der Waals surface area contributed by atoms with Crippen LogP contribution in [0.25, 0.3) is 0 Å². The van der Waals surface area contributed by atoms with Gasteiger partial charge in [-0.3, -0.25) is 9.59 Å². The third kappa shape index (κ3) is 5.58. The fraction of sp³-hybridized carbons (Fsp3) is 0.600. The quantitative estimate of drug-likeness (QED) is 0.381. The number of rotatable bonds is 6. The van der Waals surface area contributed by atoms with Gasteiger partial charge in [0, 0.05) is 25.7 Å². The Morgan fingerprint density at radius 2 is 1.90 bits per heavy atom. The minimum Gasteiger partial charge on any atom is -0.467 e. The molecule has 0 aromatic carbocycles. The van der Waals surface area contributed by atoms with Crippen molar-refractivity contribution in [1.29, 1.82) is 0 Å². The first kappa shape index (κ1) is 22.4. The lowest BCUT2D eigenvalue weighted by Crippen LogP contribution is -2.50. The summed E-state index contributed by atoms with van der Waals surface area (Å²) in [5.41, 5.74) is 0.815. The molecule has 2 aliphatic rings. The molecule has 2 fully saturated rings. The Balaban J connectivity index is 2.18. The molecule has 3 atom stereocenters. The van der Waals surface area contributed by atoms with Gasteiger partial charge in [0.15, 0.2) is 0 Å². The van der Waals surface area contributed by atoms with Crippen LogP contribution in [0.1, 0.15) is 33.1 Å². The smallest absolute Gasteiger partial charge is 0.328 e. The molecule has 0 aromatic rings. The van der Waals surface area contributed by atoms with Crippen LogP contribution in [0.3, 0.4) is 0 Å². The molecule has 0 spiro atoms. The average molecular weight is 406 g/mol. The molecule has 2 saturated heterocycles. The molecule has 4 amide bonds. The zero-order valence-corrected chi connectivity index (χ0v) is 17.3. The lowest BCUT2D eigenvalue weighted by Gasteiger charge is -2.29. The number of hydrogen-bond acceptors (Lipinski definition) is 5. The zero-order chi connectivity index (χ0) is 21.6. The van der Waals surface area contributed by atoms with E-state index in [0.717, 1.165) is 5.57 Å². The monoisotopic (exact) mass is 406 g/mol. The van der Waals surface area contributed by atoms with Gasteiger partial charge in [0.05, 0.1) is 13.2 Å². The summed E-state index contributed by atoms with van der Waals surface area (Å²) in [6.07, 6.45) is 4.56. The predicted molar refractivity (Wildman–Crippen MR) is 107 cm³/mol. The Kier molecular flexibility index (Phi) is 7.81. The van der Waals surface area contributed by atoms with Gasteiger partial charge in [0.2, 0.25) is 11.8 Å². The van der Waals surface area contributed by atoms with E-state index in [1.807, 2.05) is 0 Å². The third-order valence-corrected chi connectivity index (χ3v) is 5.03. The van der Waals surface area contributed by atoms with E-state index >= 15 is 0 Å². The maximum absolute atomic E-state index is 13.2. The van der Waals surface area contributed by atoms with Crippen molar-refractivity contribution in [2.75, 3.05) is 26.7 Å². The molecule has 2 rings (SSSR count). The molecule has 0 aromatic heterocycles. The maximum atomic E-state index is 13.2. The summed E-state index contributed by atoms with van der Waals surface area (Å²) in [5.74, 6) is -1.02. The number of methoxy groups -OCH3 is 1. The van der Waals surface area contributed by atoms with Crippen molar-refractivity contribution in [1.82, 2.24) is 20.4 Å². The number of urea groups is 1. The molecule has 160 valence electrons. The zero-order valence-electron chi connectivity index (χ0n) is 17.3. The number of esters is 1. The number of likely N-dealkylation sites (tertiary alicyclic amines) is 2. The Hall–Kier alpha value is -2.84. The van der Waals surface area contributed by atoms with E-state index in [4.69, 9.17) is 4.74 Å². The molecule has 0 radical (unpaired) electrons. The van der Waals surface area contributed by atoms with Gasteiger partial charge in [-0.2, -0.15) is 0 Å². The molecule has 3 unspecified atom stereocenters. The van der Waals surface area contributed by atoms with Gasteiger partial charge in [-0.1, -0.05) is 11.6 Å². The molecule has 2 aliphatic heterocycles. The lowest BCUT2D eigenvalue weighted by molar-refractivity contribution is -0.153. The van der Waals surface area contributed by atoms with Crippen molar-refractivity contribution in [3.05, 3.63) is 24.3 Å². The first-order chi connectivity index (χ1) is 13.8. The second-order valence-corrected chi connectivity index (χ2v) is 7.52. The van der Waals surface area contributed by atoms with Crippen molar-refractivity contribution in [2.45, 2.75) is 51.2 Å². The van der Waals surface area contributed by atoms with E-state index in [0.29, 0.717) is 25.9 Å². The number of nitrogens with one attached hydrogen (secondary N) is 2. The molecule has 9 heteroatoms. The number of amides is 4. The van der Waals surface area contributed by atoms with Crippen molar-refractivity contribution in [3.8, 4) is 0 Å². The van der Waals surface area contributed by atoms with Gasteiger partial charge >= 0.3 is 12.0 Å². The van der Waals surface area contributed by atoms with Crippen LogP contribution in [0.4, 0.5) is 4.79 Å². The van der Waals surface area contributed by atoms with Gasteiger partial charge in [-0.25, -0.2) is 9.59 Å². The van der Waals surface area contributed by atoms with E-state index in [2.05, 4.69) is 17.2 Å². The van der Waals surface area contributed by atoms with E-state index in [1.165, 1.54) is 23.0 Å². The van der Waals surface area contributed by atoms with Crippen molar-refractivity contribution >= 4 is 23.8 Å². The second-order valence-electron chi connectivity index (χ2n) is 7.52. The van der Waals surface area contributed by atoms with Gasteiger partial charge < -0.3 is 25.2 Å². The largest absolute Gasteiger partial charge is 0.467 e. The molecule has 0 bridgehead atoms. The van der Waals surface area contributed by atoms with Crippen LogP contribution in [0, 0.1) is 0 Å². The Labute approximate surface area is 171 Å². The van der Waals surface area contributed by atoms with Gasteiger partial charge in [-0.15, -0.1) is 6.58 Å². The van der Waals surface area contributed by atoms with Crippen LogP contribution < -0.4 is 10.6 Å². The summed E-state index contributed by atoms with van der Waals surface area (Å²) in [7, 11) is 1.30. The van der Waals surface area contributed by atoms with E-state index in [-0.39, 0.29) is 36.9 Å². The van der Waals surface area contributed by atoms with Gasteiger partial charge in [0.1, 0.15) is 12.1 Å². The van der Waals surface area contributed by atoms with E-state index in [1.54, 1.807) is 19.9 Å². The SMILES string of the molecule is C=CCNC(=O)NC1CC(C(=O)N2CCCC2C(=O)OC)N(C(=O)C=C(C)C)C1. The summed E-state index contributed by atoms with van der Waals surface area (Å²) < 4.78 is 4.82. The number of nitrogens with zero attached hydrogens (tertiary/aromatic N) is 2. The number of hydrogen-bond donors (Lipinski definition) is 2. The average Bonchev–Trinajstić information content (AvgIpc) is 3.32. The molecular weight excluding hydrogens is 376 g/mol. The van der Waals surface area contributed by atoms with Crippen LogP contribution in [-0.4, -0.2) is 78.5 Å². The summed E-state index contributed by atoms with van der Waals surface area (Å²) in [6, 6.07) is -2.13. The highest BCUT2D eigenvalue weighted by atomic mass is 16.5. The van der Waals surface area contributed by atoms with Gasteiger partial charge in [-0.05, 0) is 33.1 Å². The Bertz CT molecular complexity index is 701. The minimum absolute atomic E-state index is 0.220. The third-order valence-electron chi connectivity index (χ3n) is 5.03. The highest BCUT2D eigenvalue weighted by Gasteiger charge is 2.45. The van der Waals surface area contributed by atoms with Gasteiger partial charge in [0.25, 0.3) is 0 Å². The minimum atomic E-state index is -0.743. The molecule has 2 heterocycles. The van der Waals surface area contributed by atoms with Crippen LogP contribution in [-0.2, 0) is 19.1 Å². The lowest BCUT2D eigenvalue weighted by atomic mass is 10.1. The van der Waals surface area contributed by atoms with Crippen LogP contribution >= 0.6 is 0 Å². The number of allylic oxidation sites excluding steroid dienone is 1. The van der Waals surface area contributed by atoms with Crippen molar-refractivity contribution in [2.24, 2.45) is 0 Å². The molecular formula is C20H30N4O5. The topological polar surface area (TPSA) is 108 Å². The first-order valence-corrected chi connectivity index (χ1v) is 9.77. The highest BCUT2D eigenvalue weighted by molar-refractivity contribution is 5.95. The molecule has 0 saturated carbocycles. The standard InChI is InChI=1S/C20H30N4O5/c1-5-8-21-20(28)22-14-11-16(24(12-14)17(25)10-13(2)3)18(26)23-9-6-7-15(23)19(27)29-4/h5,10,14-16H,1,6-9,11-12H2,2-4H3,(H2,21,22,28). The predicted octanol–water partition coefficient (Wildman–Crippen LogP) is 0.571. The highest BCUT2D eigenvalue weighted by Crippen LogP contribution is 2.26.